The molecule has 88 valence electrons. The molecule has 0 aliphatic carbocycles. The number of rotatable bonds is 3. The van der Waals surface area contributed by atoms with E-state index in [0.29, 0.717) is 5.69 Å². The highest BCUT2D eigenvalue weighted by Gasteiger charge is 2.24. The maximum Gasteiger partial charge on any atom is 0.145 e. The van der Waals surface area contributed by atoms with Crippen LogP contribution in [-0.2, 0) is 0 Å². The van der Waals surface area contributed by atoms with E-state index in [9.17, 15) is 0 Å². The molecule has 1 unspecified atom stereocenters. The molecule has 1 aliphatic heterocycles. The molecule has 1 atom stereocenters. The summed E-state index contributed by atoms with van der Waals surface area (Å²) in [5, 5.41) is 1.97. The summed E-state index contributed by atoms with van der Waals surface area (Å²) in [5.41, 5.74) is 16.3. The summed E-state index contributed by atoms with van der Waals surface area (Å²) in [4.78, 5) is 0. The smallest absolute Gasteiger partial charge is 0.145 e. The zero-order valence-electron chi connectivity index (χ0n) is 9.45. The van der Waals surface area contributed by atoms with Gasteiger partial charge in [0, 0.05) is 11.8 Å². The largest absolute Gasteiger partial charge is 0.494 e. The normalized spacial score (nSPS) is 20.1. The van der Waals surface area contributed by atoms with Gasteiger partial charge >= 0.3 is 0 Å². The second kappa shape index (κ2) is 4.56. The molecule has 5 N–H and O–H groups in total. The lowest BCUT2D eigenvalue weighted by Crippen LogP contribution is -2.40. The fraction of sp³-hybridized carbons (Fsp3) is 0.400. The molecule has 0 aromatic heterocycles. The fourth-order valence-corrected chi connectivity index (χ4v) is 1.72. The highest BCUT2D eigenvalue weighted by Crippen LogP contribution is 2.30. The van der Waals surface area contributed by atoms with Gasteiger partial charge in [-0.25, -0.2) is 5.43 Å². The minimum atomic E-state index is 0.178. The average molecular weight is 223 g/mol. The van der Waals surface area contributed by atoms with Gasteiger partial charge in [0.2, 0.25) is 0 Å². The predicted molar refractivity (Wildman–Crippen MR) is 63.4 cm³/mol. The molecule has 6 heteroatoms. The Morgan fingerprint density at radius 1 is 1.50 bits per heavy atom. The first-order chi connectivity index (χ1) is 7.76. The lowest BCUT2D eigenvalue weighted by atomic mass is 10.2. The van der Waals surface area contributed by atoms with Gasteiger partial charge in [0.15, 0.2) is 0 Å². The van der Waals surface area contributed by atoms with E-state index in [4.69, 9.17) is 10.5 Å². The van der Waals surface area contributed by atoms with Crippen LogP contribution in [0.5, 0.6) is 5.75 Å². The van der Waals surface area contributed by atoms with Crippen LogP contribution in [0.25, 0.3) is 0 Å². The molecular formula is C10H17N5O. The Morgan fingerprint density at radius 3 is 3.00 bits per heavy atom. The SMILES string of the molecule is CCC1NNNN1c1ccc(N)cc1OC. The fourth-order valence-electron chi connectivity index (χ4n) is 1.72. The van der Waals surface area contributed by atoms with Crippen LogP contribution >= 0.6 is 0 Å². The average Bonchev–Trinajstić information content (AvgIpc) is 2.76. The van der Waals surface area contributed by atoms with Crippen molar-refractivity contribution in [3.05, 3.63) is 18.2 Å². The molecular weight excluding hydrogens is 206 g/mol. The summed E-state index contributed by atoms with van der Waals surface area (Å²) in [5.74, 6) is 0.747. The van der Waals surface area contributed by atoms with Gasteiger partial charge in [0.05, 0.1) is 12.8 Å². The van der Waals surface area contributed by atoms with Crippen LogP contribution in [0.1, 0.15) is 13.3 Å². The minimum absolute atomic E-state index is 0.178. The Balaban J connectivity index is 2.31. The van der Waals surface area contributed by atoms with E-state index in [1.54, 1.807) is 7.11 Å². The zero-order chi connectivity index (χ0) is 11.5. The Hall–Kier alpha value is -1.50. The van der Waals surface area contributed by atoms with Crippen LogP contribution in [0.2, 0.25) is 0 Å². The predicted octanol–water partition coefficient (Wildman–Crippen LogP) is 0.347. The summed E-state index contributed by atoms with van der Waals surface area (Å²) >= 11 is 0. The molecule has 0 saturated carbocycles. The van der Waals surface area contributed by atoms with E-state index < -0.39 is 0 Å². The standard InChI is InChI=1S/C10H17N5O/c1-3-10-12-13-14-15(10)8-5-4-7(11)6-9(8)16-2/h4-6,10,12-14H,3,11H2,1-2H3. The van der Waals surface area contributed by atoms with E-state index >= 15 is 0 Å². The number of hydrogen-bond donors (Lipinski definition) is 4. The summed E-state index contributed by atoms with van der Waals surface area (Å²) in [7, 11) is 1.64. The molecule has 1 aliphatic rings. The maximum absolute atomic E-state index is 5.72. The summed E-state index contributed by atoms with van der Waals surface area (Å²) in [6, 6.07) is 5.59. The molecule has 0 radical (unpaired) electrons. The van der Waals surface area contributed by atoms with Crippen LogP contribution in [0.15, 0.2) is 18.2 Å². The van der Waals surface area contributed by atoms with Crippen LogP contribution in [0.4, 0.5) is 11.4 Å². The zero-order valence-corrected chi connectivity index (χ0v) is 9.45. The van der Waals surface area contributed by atoms with Crippen molar-refractivity contribution >= 4 is 11.4 Å². The van der Waals surface area contributed by atoms with Crippen LogP contribution < -0.4 is 32.0 Å². The van der Waals surface area contributed by atoms with Gasteiger partial charge in [0.1, 0.15) is 11.9 Å². The van der Waals surface area contributed by atoms with Gasteiger partial charge in [0.25, 0.3) is 0 Å². The van der Waals surface area contributed by atoms with Crippen LogP contribution in [0, 0.1) is 0 Å². The van der Waals surface area contributed by atoms with Crippen LogP contribution in [0.3, 0.4) is 0 Å². The van der Waals surface area contributed by atoms with E-state index in [-0.39, 0.29) is 6.17 Å². The second-order valence-corrected chi connectivity index (χ2v) is 3.61. The van der Waals surface area contributed by atoms with E-state index in [1.165, 1.54) is 0 Å². The van der Waals surface area contributed by atoms with Crippen molar-refractivity contribution in [1.29, 1.82) is 0 Å². The number of nitrogens with two attached hydrogens (primary N) is 1. The minimum Gasteiger partial charge on any atom is -0.494 e. The molecule has 1 fully saturated rings. The molecule has 1 aromatic rings. The Labute approximate surface area is 94.7 Å². The van der Waals surface area contributed by atoms with Crippen molar-refractivity contribution in [2.75, 3.05) is 17.9 Å². The summed E-state index contributed by atoms with van der Waals surface area (Å²) in [6.45, 7) is 2.10. The van der Waals surface area contributed by atoms with Crippen molar-refractivity contribution in [3.63, 3.8) is 0 Å². The number of nitrogens with zero attached hydrogens (tertiary/aromatic N) is 1. The van der Waals surface area contributed by atoms with E-state index in [2.05, 4.69) is 23.4 Å². The lowest BCUT2D eigenvalue weighted by molar-refractivity contribution is 0.412. The molecule has 1 saturated heterocycles. The number of methoxy groups -OCH3 is 1. The number of nitrogens with one attached hydrogen (secondary N) is 3. The number of benzene rings is 1. The Kier molecular flexibility index (Phi) is 3.14. The van der Waals surface area contributed by atoms with Gasteiger partial charge in [-0.1, -0.05) is 6.92 Å². The number of nitrogen functional groups attached to an aromatic ring is 1. The van der Waals surface area contributed by atoms with Crippen molar-refractivity contribution in [2.24, 2.45) is 0 Å². The molecule has 0 spiro atoms. The molecule has 1 heterocycles. The molecule has 6 nitrogen and oxygen atoms in total. The Morgan fingerprint density at radius 2 is 2.31 bits per heavy atom. The molecule has 1 aromatic carbocycles. The van der Waals surface area contributed by atoms with Crippen molar-refractivity contribution in [2.45, 2.75) is 19.5 Å². The quantitative estimate of drug-likeness (QED) is 0.554. The van der Waals surface area contributed by atoms with Gasteiger partial charge in [-0.05, 0) is 18.6 Å². The second-order valence-electron chi connectivity index (χ2n) is 3.61. The third-order valence-electron chi connectivity index (χ3n) is 2.58. The number of anilines is 2. The maximum atomic E-state index is 5.72. The summed E-state index contributed by atoms with van der Waals surface area (Å²) in [6.07, 6.45) is 1.13. The third kappa shape index (κ3) is 1.90. The molecule has 0 amide bonds. The van der Waals surface area contributed by atoms with E-state index in [0.717, 1.165) is 17.9 Å². The van der Waals surface area contributed by atoms with E-state index in [1.807, 2.05) is 23.2 Å². The van der Waals surface area contributed by atoms with Crippen molar-refractivity contribution < 1.29 is 4.74 Å². The van der Waals surface area contributed by atoms with Crippen molar-refractivity contribution in [3.8, 4) is 5.75 Å². The van der Waals surface area contributed by atoms with Gasteiger partial charge in [-0.2, -0.15) is 11.1 Å². The van der Waals surface area contributed by atoms with Gasteiger partial charge in [-0.15, -0.1) is 0 Å². The van der Waals surface area contributed by atoms with Gasteiger partial charge < -0.3 is 10.5 Å². The third-order valence-corrected chi connectivity index (χ3v) is 2.58. The van der Waals surface area contributed by atoms with Crippen molar-refractivity contribution in [1.82, 2.24) is 16.5 Å². The van der Waals surface area contributed by atoms with Gasteiger partial charge in [-0.3, -0.25) is 5.01 Å². The highest BCUT2D eigenvalue weighted by molar-refractivity contribution is 5.64. The highest BCUT2D eigenvalue weighted by atomic mass is 16.5. The molecule has 0 bridgehead atoms. The first kappa shape index (κ1) is 11.0. The topological polar surface area (TPSA) is 74.6 Å². The lowest BCUT2D eigenvalue weighted by Gasteiger charge is -2.24. The first-order valence-corrected chi connectivity index (χ1v) is 5.25. The Bertz CT molecular complexity index is 370. The monoisotopic (exact) mass is 223 g/mol. The molecule has 2 rings (SSSR count). The van der Waals surface area contributed by atoms with Crippen LogP contribution in [-0.4, -0.2) is 13.3 Å². The summed E-state index contributed by atoms with van der Waals surface area (Å²) < 4.78 is 5.31. The number of hydrogen-bond acceptors (Lipinski definition) is 6. The molecule has 16 heavy (non-hydrogen) atoms. The number of ether oxygens (including phenoxy) is 1. The first-order valence-electron chi connectivity index (χ1n) is 5.25. The number of hydrazine groups is 3.